The molecule has 0 aliphatic carbocycles. The molecule has 4 nitrogen and oxygen atoms in total. The average molecular weight is 282 g/mol. The van der Waals surface area contributed by atoms with Gasteiger partial charge in [-0.05, 0) is 26.1 Å². The van der Waals surface area contributed by atoms with Crippen LogP contribution in [-0.2, 0) is 0 Å². The van der Waals surface area contributed by atoms with Crippen molar-refractivity contribution in [3.63, 3.8) is 0 Å². The molecule has 0 bridgehead atoms. The second kappa shape index (κ2) is 6.94. The van der Waals surface area contributed by atoms with Gasteiger partial charge in [-0.25, -0.2) is 0 Å². The molecule has 0 unspecified atom stereocenters. The molecule has 2 saturated heterocycles. The van der Waals surface area contributed by atoms with Crippen LogP contribution in [0.5, 0.6) is 0 Å². The molecule has 0 N–H and O–H groups in total. The lowest BCUT2D eigenvalue weighted by Crippen LogP contribution is -2.48. The second-order valence-corrected chi connectivity index (χ2v) is 6.99. The van der Waals surface area contributed by atoms with Crippen LogP contribution in [-0.4, -0.2) is 85.1 Å². The summed E-state index contributed by atoms with van der Waals surface area (Å²) >= 11 is 1.74. The van der Waals surface area contributed by atoms with E-state index in [9.17, 15) is 5.26 Å². The maximum Gasteiger partial charge on any atom is 0.104 e. The van der Waals surface area contributed by atoms with Gasteiger partial charge in [-0.3, -0.25) is 4.90 Å². The van der Waals surface area contributed by atoms with Gasteiger partial charge < -0.3 is 9.80 Å². The van der Waals surface area contributed by atoms with Crippen molar-refractivity contribution >= 4 is 11.8 Å². The van der Waals surface area contributed by atoms with E-state index in [-0.39, 0.29) is 4.75 Å². The molecule has 2 aliphatic heterocycles. The molecule has 2 heterocycles. The zero-order valence-electron chi connectivity index (χ0n) is 12.3. The Labute approximate surface area is 121 Å². The van der Waals surface area contributed by atoms with Gasteiger partial charge >= 0.3 is 0 Å². The van der Waals surface area contributed by atoms with E-state index in [0.717, 1.165) is 25.9 Å². The SMILES string of the molecule is CSC1(C#N)CCN(CCN2CCN(C)CC2)CC1. The van der Waals surface area contributed by atoms with Crippen LogP contribution in [0.4, 0.5) is 0 Å². The van der Waals surface area contributed by atoms with Gasteiger partial charge in [-0.1, -0.05) is 0 Å². The molecule has 5 heteroatoms. The van der Waals surface area contributed by atoms with Crippen molar-refractivity contribution in [2.24, 2.45) is 0 Å². The van der Waals surface area contributed by atoms with Crippen molar-refractivity contribution in [2.45, 2.75) is 17.6 Å². The lowest BCUT2D eigenvalue weighted by Gasteiger charge is -2.38. The molecule has 2 fully saturated rings. The topological polar surface area (TPSA) is 33.5 Å². The van der Waals surface area contributed by atoms with Crippen LogP contribution in [0, 0.1) is 11.3 Å². The maximum atomic E-state index is 9.28. The summed E-state index contributed by atoms with van der Waals surface area (Å²) in [5, 5.41) is 9.28. The maximum absolute atomic E-state index is 9.28. The molecule has 0 aromatic carbocycles. The summed E-state index contributed by atoms with van der Waals surface area (Å²) in [5.41, 5.74) is 0. The van der Waals surface area contributed by atoms with E-state index in [0.29, 0.717) is 0 Å². The van der Waals surface area contributed by atoms with E-state index in [1.54, 1.807) is 11.8 Å². The van der Waals surface area contributed by atoms with Gasteiger partial charge in [0.05, 0.1) is 6.07 Å². The fourth-order valence-corrected chi connectivity index (χ4v) is 3.54. The van der Waals surface area contributed by atoms with Gasteiger partial charge in [0.25, 0.3) is 0 Å². The van der Waals surface area contributed by atoms with Gasteiger partial charge in [0, 0.05) is 52.4 Å². The molecule has 0 spiro atoms. The standard InChI is InChI=1S/C14H26N4S/c1-16-7-9-18(10-8-16)12-11-17-5-3-14(13-15,19-2)4-6-17/h3-12H2,1-2H3. The number of likely N-dealkylation sites (tertiary alicyclic amines) is 1. The number of rotatable bonds is 4. The zero-order chi connectivity index (χ0) is 13.7. The van der Waals surface area contributed by atoms with Crippen molar-refractivity contribution in [1.29, 1.82) is 5.26 Å². The van der Waals surface area contributed by atoms with Crippen LogP contribution < -0.4 is 0 Å². The Morgan fingerprint density at radius 2 is 1.53 bits per heavy atom. The number of thioether (sulfide) groups is 1. The molecule has 0 aromatic heterocycles. The van der Waals surface area contributed by atoms with Crippen LogP contribution in [0.1, 0.15) is 12.8 Å². The molecule has 2 rings (SSSR count). The minimum absolute atomic E-state index is 0.107. The fraction of sp³-hybridized carbons (Fsp3) is 0.929. The Morgan fingerprint density at radius 3 is 2.00 bits per heavy atom. The molecule has 0 radical (unpaired) electrons. The summed E-state index contributed by atoms with van der Waals surface area (Å²) in [6.45, 7) is 9.33. The Balaban J connectivity index is 1.67. The second-order valence-electron chi connectivity index (χ2n) is 5.80. The summed E-state index contributed by atoms with van der Waals surface area (Å²) in [4.78, 5) is 7.50. The van der Waals surface area contributed by atoms with Gasteiger partial charge in [0.1, 0.15) is 4.75 Å². The summed E-state index contributed by atoms with van der Waals surface area (Å²) < 4.78 is -0.107. The highest BCUT2D eigenvalue weighted by Crippen LogP contribution is 2.33. The lowest BCUT2D eigenvalue weighted by atomic mass is 9.97. The lowest BCUT2D eigenvalue weighted by molar-refractivity contribution is 0.127. The quantitative estimate of drug-likeness (QED) is 0.767. The number of nitrogens with zero attached hydrogens (tertiary/aromatic N) is 4. The van der Waals surface area contributed by atoms with E-state index in [2.05, 4.69) is 34.1 Å². The van der Waals surface area contributed by atoms with Crippen LogP contribution in [0.25, 0.3) is 0 Å². The summed E-state index contributed by atoms with van der Waals surface area (Å²) in [6.07, 6.45) is 4.12. The zero-order valence-corrected chi connectivity index (χ0v) is 13.1. The average Bonchev–Trinajstić information content (AvgIpc) is 2.47. The summed E-state index contributed by atoms with van der Waals surface area (Å²) in [7, 11) is 2.20. The number of piperazine rings is 1. The molecule has 0 atom stereocenters. The Morgan fingerprint density at radius 1 is 1.00 bits per heavy atom. The van der Waals surface area contributed by atoms with Crippen molar-refractivity contribution in [2.75, 3.05) is 65.7 Å². The van der Waals surface area contributed by atoms with Gasteiger partial charge in [-0.2, -0.15) is 5.26 Å². The van der Waals surface area contributed by atoms with Crippen LogP contribution in [0.3, 0.4) is 0 Å². The van der Waals surface area contributed by atoms with E-state index in [4.69, 9.17) is 0 Å². The highest BCUT2D eigenvalue weighted by Gasteiger charge is 2.33. The van der Waals surface area contributed by atoms with E-state index in [1.807, 2.05) is 0 Å². The first-order valence-electron chi connectivity index (χ1n) is 7.27. The predicted molar refractivity (Wildman–Crippen MR) is 81.5 cm³/mol. The third kappa shape index (κ3) is 4.09. The molecule has 0 aromatic rings. The molecule has 0 amide bonds. The molecule has 19 heavy (non-hydrogen) atoms. The Hall–Kier alpha value is -0.280. The number of piperidine rings is 1. The molecular formula is C14H26N4S. The highest BCUT2D eigenvalue weighted by molar-refractivity contribution is 8.00. The first-order chi connectivity index (χ1) is 9.17. The summed E-state index contributed by atoms with van der Waals surface area (Å²) in [5.74, 6) is 0. The minimum Gasteiger partial charge on any atom is -0.304 e. The normalized spacial score (nSPS) is 26.2. The number of hydrogen-bond donors (Lipinski definition) is 0. The Bertz CT molecular complexity index is 312. The van der Waals surface area contributed by atoms with Crippen LogP contribution >= 0.6 is 11.8 Å². The summed E-state index contributed by atoms with van der Waals surface area (Å²) in [6, 6.07) is 2.52. The first kappa shape index (κ1) is 15.1. The van der Waals surface area contributed by atoms with E-state index in [1.165, 1.54) is 39.3 Å². The molecule has 0 saturated carbocycles. The van der Waals surface area contributed by atoms with Gasteiger partial charge in [0.15, 0.2) is 0 Å². The predicted octanol–water partition coefficient (Wildman–Crippen LogP) is 0.955. The monoisotopic (exact) mass is 282 g/mol. The molecule has 2 aliphatic rings. The number of likely N-dealkylation sites (N-methyl/N-ethyl adjacent to an activating group) is 1. The fourth-order valence-electron chi connectivity index (χ4n) is 2.85. The largest absolute Gasteiger partial charge is 0.304 e. The van der Waals surface area contributed by atoms with Crippen LogP contribution in [0.2, 0.25) is 0 Å². The number of nitriles is 1. The van der Waals surface area contributed by atoms with Crippen molar-refractivity contribution in [3.05, 3.63) is 0 Å². The van der Waals surface area contributed by atoms with Crippen molar-refractivity contribution in [1.82, 2.24) is 14.7 Å². The highest BCUT2D eigenvalue weighted by atomic mass is 32.2. The van der Waals surface area contributed by atoms with E-state index >= 15 is 0 Å². The van der Waals surface area contributed by atoms with E-state index < -0.39 is 0 Å². The van der Waals surface area contributed by atoms with Crippen molar-refractivity contribution in [3.8, 4) is 6.07 Å². The van der Waals surface area contributed by atoms with Crippen LogP contribution in [0.15, 0.2) is 0 Å². The minimum atomic E-state index is -0.107. The van der Waals surface area contributed by atoms with Crippen molar-refractivity contribution < 1.29 is 0 Å². The molecular weight excluding hydrogens is 256 g/mol. The third-order valence-electron chi connectivity index (χ3n) is 4.59. The van der Waals surface area contributed by atoms with Gasteiger partial charge in [-0.15, -0.1) is 11.8 Å². The number of hydrogen-bond acceptors (Lipinski definition) is 5. The Kier molecular flexibility index (Phi) is 5.52. The third-order valence-corrected chi connectivity index (χ3v) is 5.87. The first-order valence-corrected chi connectivity index (χ1v) is 8.49. The smallest absolute Gasteiger partial charge is 0.104 e. The van der Waals surface area contributed by atoms with Gasteiger partial charge in [0.2, 0.25) is 0 Å². The molecule has 108 valence electrons.